The number of nitrogens with one attached hydrogen (secondary N) is 1. The lowest BCUT2D eigenvalue weighted by molar-refractivity contribution is -0.140. The number of pyridine rings is 1. The topological polar surface area (TPSA) is 83.8 Å². The highest BCUT2D eigenvalue weighted by molar-refractivity contribution is 5.97. The van der Waals surface area contributed by atoms with E-state index in [1.807, 2.05) is 6.92 Å². The molecule has 1 unspecified atom stereocenters. The van der Waals surface area contributed by atoms with Crippen LogP contribution in [0.5, 0.6) is 5.75 Å². The number of anilines is 1. The molecular weight excluding hydrogens is 398 g/mol. The van der Waals surface area contributed by atoms with Crippen molar-refractivity contribution in [3.05, 3.63) is 33.9 Å². The van der Waals surface area contributed by atoms with Crippen LogP contribution in [0.1, 0.15) is 17.3 Å². The first kappa shape index (κ1) is 20.9. The van der Waals surface area contributed by atoms with Crippen LogP contribution < -0.4 is 20.4 Å². The standard InChI is InChI=1S/C18H19F4N3O4/c1-9-6-24(4-3-23-9)14-12(19)5-10-13(16(14)29-2)25(8-18(20,21)22)7-11(15(10)26)17(27)28/h5,7,9,23H,3-4,6,8H2,1-2H3,(H,27,28). The molecule has 0 bridgehead atoms. The number of nitrogens with zero attached hydrogens (tertiary/aromatic N) is 2. The van der Waals surface area contributed by atoms with E-state index in [1.165, 1.54) is 0 Å². The summed E-state index contributed by atoms with van der Waals surface area (Å²) in [6.45, 7) is 1.57. The second-order valence-electron chi connectivity index (χ2n) is 6.86. The number of hydrogen-bond acceptors (Lipinski definition) is 5. The number of aromatic nitrogens is 1. The molecule has 1 fully saturated rings. The van der Waals surface area contributed by atoms with Gasteiger partial charge in [0.1, 0.15) is 17.8 Å². The van der Waals surface area contributed by atoms with E-state index < -0.39 is 40.9 Å². The first-order valence-electron chi connectivity index (χ1n) is 8.75. The summed E-state index contributed by atoms with van der Waals surface area (Å²) in [5.74, 6) is -2.82. The number of methoxy groups -OCH3 is 1. The summed E-state index contributed by atoms with van der Waals surface area (Å²) in [5.41, 5.74) is -2.33. The number of rotatable bonds is 4. The summed E-state index contributed by atoms with van der Waals surface area (Å²) in [6.07, 6.45) is -4.09. The maximum absolute atomic E-state index is 15.0. The smallest absolute Gasteiger partial charge is 0.406 e. The summed E-state index contributed by atoms with van der Waals surface area (Å²) in [6, 6.07) is 0.775. The fourth-order valence-corrected chi connectivity index (χ4v) is 3.58. The van der Waals surface area contributed by atoms with Crippen molar-refractivity contribution < 1.29 is 32.2 Å². The highest BCUT2D eigenvalue weighted by Crippen LogP contribution is 2.39. The zero-order valence-corrected chi connectivity index (χ0v) is 15.6. The van der Waals surface area contributed by atoms with Crippen molar-refractivity contribution in [2.24, 2.45) is 0 Å². The fourth-order valence-electron chi connectivity index (χ4n) is 3.58. The minimum Gasteiger partial charge on any atom is -0.492 e. The third-order valence-corrected chi connectivity index (χ3v) is 4.71. The van der Waals surface area contributed by atoms with Crippen LogP contribution >= 0.6 is 0 Å². The van der Waals surface area contributed by atoms with Crippen LogP contribution in [-0.2, 0) is 6.54 Å². The van der Waals surface area contributed by atoms with Gasteiger partial charge < -0.3 is 24.6 Å². The predicted molar refractivity (Wildman–Crippen MR) is 97.4 cm³/mol. The number of carboxylic acid groups (broad SMARTS) is 1. The Kier molecular flexibility index (Phi) is 5.44. The fraction of sp³-hybridized carbons (Fsp3) is 0.444. The van der Waals surface area contributed by atoms with E-state index in [2.05, 4.69) is 5.32 Å². The molecule has 1 aromatic heterocycles. The Hall–Kier alpha value is -2.82. The third-order valence-electron chi connectivity index (χ3n) is 4.71. The number of carbonyl (C=O) groups is 1. The Morgan fingerprint density at radius 1 is 1.41 bits per heavy atom. The van der Waals surface area contributed by atoms with Gasteiger partial charge in [0.05, 0.1) is 18.0 Å². The van der Waals surface area contributed by atoms with Crippen LogP contribution in [0, 0.1) is 5.82 Å². The minimum atomic E-state index is -4.71. The number of halogens is 4. The zero-order valence-electron chi connectivity index (χ0n) is 15.6. The molecule has 2 heterocycles. The largest absolute Gasteiger partial charge is 0.492 e. The van der Waals surface area contributed by atoms with Gasteiger partial charge in [-0.1, -0.05) is 0 Å². The monoisotopic (exact) mass is 417 g/mol. The van der Waals surface area contributed by atoms with Gasteiger partial charge in [-0.15, -0.1) is 0 Å². The molecule has 0 spiro atoms. The number of benzene rings is 1. The molecule has 1 aliphatic rings. The van der Waals surface area contributed by atoms with E-state index in [0.29, 0.717) is 30.4 Å². The second kappa shape index (κ2) is 7.54. The molecule has 1 saturated heterocycles. The van der Waals surface area contributed by atoms with Crippen LogP contribution in [0.4, 0.5) is 23.2 Å². The van der Waals surface area contributed by atoms with E-state index in [4.69, 9.17) is 4.74 Å². The van der Waals surface area contributed by atoms with Gasteiger partial charge in [-0.25, -0.2) is 9.18 Å². The van der Waals surface area contributed by atoms with Crippen molar-refractivity contribution in [1.29, 1.82) is 0 Å². The van der Waals surface area contributed by atoms with Crippen molar-refractivity contribution in [1.82, 2.24) is 9.88 Å². The van der Waals surface area contributed by atoms with E-state index in [-0.39, 0.29) is 23.0 Å². The number of aromatic carboxylic acids is 1. The number of fused-ring (bicyclic) bond motifs is 1. The Bertz CT molecular complexity index is 1020. The van der Waals surface area contributed by atoms with Crippen LogP contribution in [0.15, 0.2) is 17.1 Å². The molecular formula is C18H19F4N3O4. The van der Waals surface area contributed by atoms with E-state index >= 15 is 4.39 Å². The average molecular weight is 417 g/mol. The van der Waals surface area contributed by atoms with E-state index in [1.54, 1.807) is 4.90 Å². The molecule has 1 aromatic carbocycles. The molecule has 2 N–H and O–H groups in total. The molecule has 2 aromatic rings. The van der Waals surface area contributed by atoms with Crippen LogP contribution in [0.25, 0.3) is 10.9 Å². The van der Waals surface area contributed by atoms with Gasteiger partial charge in [0.15, 0.2) is 11.6 Å². The molecule has 1 atom stereocenters. The molecule has 3 rings (SSSR count). The number of piperazine rings is 1. The van der Waals surface area contributed by atoms with Gasteiger partial charge in [-0.3, -0.25) is 4.79 Å². The van der Waals surface area contributed by atoms with Crippen LogP contribution in [0.3, 0.4) is 0 Å². The van der Waals surface area contributed by atoms with Gasteiger partial charge in [0.25, 0.3) is 0 Å². The third kappa shape index (κ3) is 4.00. The SMILES string of the molecule is COc1c(N2CCNC(C)C2)c(F)cc2c(=O)c(C(=O)O)cn(CC(F)(F)F)c12. The lowest BCUT2D eigenvalue weighted by atomic mass is 10.1. The average Bonchev–Trinajstić information content (AvgIpc) is 2.61. The molecule has 0 aliphatic carbocycles. The predicted octanol–water partition coefficient (Wildman–Crippen LogP) is 2.21. The minimum absolute atomic E-state index is 0.00434. The number of hydrogen-bond donors (Lipinski definition) is 2. The van der Waals surface area contributed by atoms with Crippen molar-refractivity contribution in [3.63, 3.8) is 0 Å². The first-order valence-corrected chi connectivity index (χ1v) is 8.75. The molecule has 0 amide bonds. The van der Waals surface area contributed by atoms with Gasteiger partial charge in [-0.2, -0.15) is 13.2 Å². The normalized spacial score (nSPS) is 17.6. The summed E-state index contributed by atoms with van der Waals surface area (Å²) < 4.78 is 60.3. The Labute approximate surface area is 162 Å². The number of carboxylic acids is 1. The van der Waals surface area contributed by atoms with E-state index in [9.17, 15) is 27.9 Å². The second-order valence-corrected chi connectivity index (χ2v) is 6.86. The van der Waals surface area contributed by atoms with Crippen molar-refractivity contribution in [2.75, 3.05) is 31.6 Å². The van der Waals surface area contributed by atoms with Gasteiger partial charge in [0.2, 0.25) is 5.43 Å². The molecule has 0 saturated carbocycles. The van der Waals surface area contributed by atoms with E-state index in [0.717, 1.165) is 13.2 Å². The van der Waals surface area contributed by atoms with Gasteiger partial charge in [-0.05, 0) is 13.0 Å². The summed E-state index contributed by atoms with van der Waals surface area (Å²) in [4.78, 5) is 25.5. The molecule has 7 nitrogen and oxygen atoms in total. The summed E-state index contributed by atoms with van der Waals surface area (Å²) in [5, 5.41) is 11.9. The molecule has 11 heteroatoms. The lowest BCUT2D eigenvalue weighted by Crippen LogP contribution is -2.49. The quantitative estimate of drug-likeness (QED) is 0.743. The van der Waals surface area contributed by atoms with Gasteiger partial charge in [0, 0.05) is 31.9 Å². The Morgan fingerprint density at radius 3 is 2.66 bits per heavy atom. The highest BCUT2D eigenvalue weighted by Gasteiger charge is 2.32. The zero-order chi connectivity index (χ0) is 21.5. The Morgan fingerprint density at radius 2 is 2.10 bits per heavy atom. The lowest BCUT2D eigenvalue weighted by Gasteiger charge is -2.35. The van der Waals surface area contributed by atoms with Crippen molar-refractivity contribution in [3.8, 4) is 5.75 Å². The Balaban J connectivity index is 2.38. The summed E-state index contributed by atoms with van der Waals surface area (Å²) >= 11 is 0. The highest BCUT2D eigenvalue weighted by atomic mass is 19.4. The molecule has 1 aliphatic heterocycles. The molecule has 158 valence electrons. The van der Waals surface area contributed by atoms with Crippen LogP contribution in [0.2, 0.25) is 0 Å². The maximum Gasteiger partial charge on any atom is 0.406 e. The number of alkyl halides is 3. The molecule has 29 heavy (non-hydrogen) atoms. The summed E-state index contributed by atoms with van der Waals surface area (Å²) in [7, 11) is 1.16. The van der Waals surface area contributed by atoms with Crippen molar-refractivity contribution >= 4 is 22.6 Å². The van der Waals surface area contributed by atoms with Gasteiger partial charge >= 0.3 is 12.1 Å². The van der Waals surface area contributed by atoms with Crippen molar-refractivity contribution in [2.45, 2.75) is 25.7 Å². The molecule has 0 radical (unpaired) electrons. The number of ether oxygens (including phenoxy) is 1. The first-order chi connectivity index (χ1) is 13.5. The van der Waals surface area contributed by atoms with Crippen LogP contribution in [-0.4, -0.2) is 54.6 Å². The maximum atomic E-state index is 15.0.